The number of halogens is 2. The van der Waals surface area contributed by atoms with Crippen LogP contribution in [0.25, 0.3) is 11.0 Å². The summed E-state index contributed by atoms with van der Waals surface area (Å²) in [5.74, 6) is 0.704. The van der Waals surface area contributed by atoms with Crippen molar-refractivity contribution in [3.63, 3.8) is 0 Å². The molecule has 190 valence electrons. The van der Waals surface area contributed by atoms with E-state index >= 15 is 0 Å². The van der Waals surface area contributed by atoms with Crippen LogP contribution in [0.1, 0.15) is 54.4 Å². The second kappa shape index (κ2) is 10.5. The zero-order valence-corrected chi connectivity index (χ0v) is 21.9. The molecule has 0 N–H and O–H groups in total. The molecule has 1 aliphatic heterocycles. The lowest BCUT2D eigenvalue weighted by Crippen LogP contribution is -2.29. The number of anilines is 1. The number of hydrogen-bond donors (Lipinski definition) is 0. The van der Waals surface area contributed by atoms with Gasteiger partial charge in [0.15, 0.2) is 16.9 Å². The number of ether oxygens (including phenoxy) is 2. The first-order valence-corrected chi connectivity index (χ1v) is 12.9. The summed E-state index contributed by atoms with van der Waals surface area (Å²) < 4.78 is 17.8. The Morgan fingerprint density at radius 2 is 1.73 bits per heavy atom. The maximum Gasteiger partial charge on any atom is 0.295 e. The van der Waals surface area contributed by atoms with E-state index in [0.717, 1.165) is 12.8 Å². The van der Waals surface area contributed by atoms with Gasteiger partial charge in [-0.25, -0.2) is 0 Å². The molecule has 1 amide bonds. The largest absolute Gasteiger partial charge is 0.490 e. The van der Waals surface area contributed by atoms with Gasteiger partial charge in [0, 0.05) is 15.7 Å². The van der Waals surface area contributed by atoms with Crippen molar-refractivity contribution in [1.82, 2.24) is 0 Å². The number of fused-ring (bicyclic) bond motifs is 2. The zero-order valence-electron chi connectivity index (χ0n) is 20.4. The summed E-state index contributed by atoms with van der Waals surface area (Å²) in [6, 6.07) is 16.4. The lowest BCUT2D eigenvalue weighted by atomic mass is 9.97. The smallest absolute Gasteiger partial charge is 0.295 e. The number of rotatable bonds is 8. The summed E-state index contributed by atoms with van der Waals surface area (Å²) in [5, 5.41) is 1.17. The molecule has 0 radical (unpaired) electrons. The third kappa shape index (κ3) is 4.67. The quantitative estimate of drug-likeness (QED) is 0.218. The fourth-order valence-electron chi connectivity index (χ4n) is 4.56. The average molecular weight is 538 g/mol. The first-order valence-electron chi connectivity index (χ1n) is 12.2. The molecular formula is C29H25Cl2NO5. The van der Waals surface area contributed by atoms with Crippen LogP contribution in [0.5, 0.6) is 11.5 Å². The molecule has 0 aliphatic carbocycles. The fourth-order valence-corrected chi connectivity index (χ4v) is 4.92. The van der Waals surface area contributed by atoms with Gasteiger partial charge in [0.25, 0.3) is 5.91 Å². The van der Waals surface area contributed by atoms with E-state index < -0.39 is 11.9 Å². The van der Waals surface area contributed by atoms with Crippen LogP contribution in [-0.4, -0.2) is 19.1 Å². The van der Waals surface area contributed by atoms with Gasteiger partial charge in [0.2, 0.25) is 5.76 Å². The number of nitrogens with zero attached hydrogens (tertiary/aromatic N) is 1. The van der Waals surface area contributed by atoms with Crippen LogP contribution < -0.4 is 19.8 Å². The van der Waals surface area contributed by atoms with Gasteiger partial charge >= 0.3 is 0 Å². The highest BCUT2D eigenvalue weighted by Crippen LogP contribution is 2.44. The second-order valence-corrected chi connectivity index (χ2v) is 9.59. The van der Waals surface area contributed by atoms with Gasteiger partial charge in [-0.2, -0.15) is 0 Å². The van der Waals surface area contributed by atoms with E-state index in [-0.39, 0.29) is 16.8 Å². The minimum Gasteiger partial charge on any atom is -0.490 e. The van der Waals surface area contributed by atoms with E-state index in [9.17, 15) is 9.59 Å². The van der Waals surface area contributed by atoms with Gasteiger partial charge in [-0.05, 0) is 67.4 Å². The first kappa shape index (κ1) is 25.2. The highest BCUT2D eigenvalue weighted by atomic mass is 35.5. The highest BCUT2D eigenvalue weighted by molar-refractivity contribution is 6.31. The molecular weight excluding hydrogens is 513 g/mol. The van der Waals surface area contributed by atoms with Crippen LogP contribution >= 0.6 is 23.2 Å². The molecule has 3 aromatic carbocycles. The maximum absolute atomic E-state index is 13.8. The molecule has 4 aromatic rings. The summed E-state index contributed by atoms with van der Waals surface area (Å²) in [7, 11) is 0. The number of unbranched alkanes of at least 4 members (excludes halogenated alkanes) is 1. The molecule has 1 aliphatic rings. The molecule has 0 spiro atoms. The van der Waals surface area contributed by atoms with Gasteiger partial charge in [-0.15, -0.1) is 0 Å². The molecule has 1 aromatic heterocycles. The third-order valence-electron chi connectivity index (χ3n) is 6.26. The zero-order chi connectivity index (χ0) is 26.1. The number of benzene rings is 3. The van der Waals surface area contributed by atoms with Gasteiger partial charge in [-0.1, -0.05) is 48.7 Å². The lowest BCUT2D eigenvalue weighted by Gasteiger charge is -2.26. The van der Waals surface area contributed by atoms with Gasteiger partial charge < -0.3 is 13.9 Å². The van der Waals surface area contributed by atoms with E-state index in [2.05, 4.69) is 6.92 Å². The Balaban J connectivity index is 1.72. The third-order valence-corrected chi connectivity index (χ3v) is 6.73. The SMILES string of the molecule is CCCCOc1ccc(C2c3c(oc4ccc(Cl)cc4c3=O)C(=O)N2c2cccc(Cl)c2)cc1OCC. The van der Waals surface area contributed by atoms with Crippen molar-refractivity contribution in [1.29, 1.82) is 0 Å². The standard InChI is InChI=1S/C29H25Cl2NO5/c1-3-5-13-36-23-11-9-17(14-24(23)35-4-2)26-25-27(33)21-16-19(31)10-12-22(21)37-28(25)29(34)32(26)20-8-6-7-18(30)15-20/h6-12,14-16,26H,3-5,13H2,1-2H3. The van der Waals surface area contributed by atoms with Crippen LogP contribution in [0.2, 0.25) is 10.0 Å². The van der Waals surface area contributed by atoms with E-state index in [0.29, 0.717) is 57.0 Å². The molecule has 0 fully saturated rings. The Labute approximate surface area is 224 Å². The Kier molecular flexibility index (Phi) is 7.13. The monoisotopic (exact) mass is 537 g/mol. The predicted octanol–water partition coefficient (Wildman–Crippen LogP) is 7.43. The number of carbonyl (C=O) groups excluding carboxylic acids is 1. The lowest BCUT2D eigenvalue weighted by molar-refractivity contribution is 0.0971. The van der Waals surface area contributed by atoms with E-state index in [1.807, 2.05) is 25.1 Å². The van der Waals surface area contributed by atoms with Gasteiger partial charge in [0.1, 0.15) is 5.58 Å². The van der Waals surface area contributed by atoms with Crippen LogP contribution in [0.3, 0.4) is 0 Å². The number of amides is 1. The van der Waals surface area contributed by atoms with E-state index in [1.54, 1.807) is 42.5 Å². The molecule has 6 nitrogen and oxygen atoms in total. The van der Waals surface area contributed by atoms with Crippen molar-refractivity contribution in [2.45, 2.75) is 32.7 Å². The Morgan fingerprint density at radius 3 is 2.49 bits per heavy atom. The normalized spacial score (nSPS) is 14.8. The molecule has 0 saturated heterocycles. The van der Waals surface area contributed by atoms with Crippen LogP contribution in [0.15, 0.2) is 69.9 Å². The molecule has 37 heavy (non-hydrogen) atoms. The minimum absolute atomic E-state index is 0.00831. The molecule has 5 rings (SSSR count). The molecule has 2 heterocycles. The summed E-state index contributed by atoms with van der Waals surface area (Å²) >= 11 is 12.5. The molecule has 8 heteroatoms. The van der Waals surface area contributed by atoms with Crippen LogP contribution in [0.4, 0.5) is 5.69 Å². The number of carbonyl (C=O) groups is 1. The van der Waals surface area contributed by atoms with E-state index in [1.165, 1.54) is 4.90 Å². The predicted molar refractivity (Wildman–Crippen MR) is 146 cm³/mol. The Hall–Kier alpha value is -3.48. The van der Waals surface area contributed by atoms with Crippen molar-refractivity contribution in [3.05, 3.63) is 97.8 Å². The summed E-state index contributed by atoms with van der Waals surface area (Å²) in [6.45, 7) is 4.97. The fraction of sp³-hybridized carbons (Fsp3) is 0.241. The Morgan fingerprint density at radius 1 is 0.919 bits per heavy atom. The Bertz CT molecular complexity index is 1550. The molecule has 0 saturated carbocycles. The topological polar surface area (TPSA) is 69.0 Å². The molecule has 1 unspecified atom stereocenters. The maximum atomic E-state index is 13.8. The molecule has 1 atom stereocenters. The van der Waals surface area contributed by atoms with Crippen LogP contribution in [0, 0.1) is 0 Å². The summed E-state index contributed by atoms with van der Waals surface area (Å²) in [4.78, 5) is 29.1. The second-order valence-electron chi connectivity index (χ2n) is 8.71. The van der Waals surface area contributed by atoms with Gasteiger partial charge in [-0.3, -0.25) is 14.5 Å². The van der Waals surface area contributed by atoms with Crippen molar-refractivity contribution >= 4 is 45.8 Å². The van der Waals surface area contributed by atoms with E-state index in [4.69, 9.17) is 37.1 Å². The summed E-state index contributed by atoms with van der Waals surface area (Å²) in [6.07, 6.45) is 1.92. The van der Waals surface area contributed by atoms with Crippen molar-refractivity contribution in [3.8, 4) is 11.5 Å². The van der Waals surface area contributed by atoms with Crippen molar-refractivity contribution < 1.29 is 18.7 Å². The van der Waals surface area contributed by atoms with Crippen molar-refractivity contribution in [2.75, 3.05) is 18.1 Å². The molecule has 0 bridgehead atoms. The van der Waals surface area contributed by atoms with Crippen LogP contribution in [-0.2, 0) is 0 Å². The van der Waals surface area contributed by atoms with Crippen molar-refractivity contribution in [2.24, 2.45) is 0 Å². The first-order chi connectivity index (χ1) is 17.9. The number of hydrogen-bond acceptors (Lipinski definition) is 5. The summed E-state index contributed by atoms with van der Waals surface area (Å²) in [5.41, 5.74) is 1.43. The average Bonchev–Trinajstić information content (AvgIpc) is 3.18. The highest BCUT2D eigenvalue weighted by Gasteiger charge is 2.44. The van der Waals surface area contributed by atoms with Gasteiger partial charge in [0.05, 0.1) is 30.2 Å². The minimum atomic E-state index is -0.774.